The van der Waals surface area contributed by atoms with Crippen molar-refractivity contribution in [3.8, 4) is 0 Å². The van der Waals surface area contributed by atoms with Crippen LogP contribution >= 0.6 is 22.6 Å². The van der Waals surface area contributed by atoms with Crippen molar-refractivity contribution >= 4 is 28.4 Å². The molecule has 0 spiro atoms. The van der Waals surface area contributed by atoms with Gasteiger partial charge in [0.15, 0.2) is 0 Å². The van der Waals surface area contributed by atoms with Gasteiger partial charge < -0.3 is 10.4 Å². The molecule has 0 saturated heterocycles. The molecule has 1 unspecified atom stereocenters. The molecule has 13 heavy (non-hydrogen) atoms. The van der Waals surface area contributed by atoms with Crippen LogP contribution in [-0.2, 0) is 0 Å². The van der Waals surface area contributed by atoms with Crippen LogP contribution in [0.15, 0.2) is 18.3 Å². The Labute approximate surface area is 91.7 Å². The van der Waals surface area contributed by atoms with E-state index < -0.39 is 0 Å². The van der Waals surface area contributed by atoms with Crippen LogP contribution in [-0.4, -0.2) is 22.7 Å². The minimum atomic E-state index is 0.102. The van der Waals surface area contributed by atoms with Gasteiger partial charge >= 0.3 is 0 Å². The lowest BCUT2D eigenvalue weighted by Crippen LogP contribution is -2.23. The number of anilines is 1. The molecule has 4 heteroatoms. The minimum absolute atomic E-state index is 0.102. The summed E-state index contributed by atoms with van der Waals surface area (Å²) in [4.78, 5) is 4.15. The Bertz CT molecular complexity index is 264. The highest BCUT2D eigenvalue weighted by Crippen LogP contribution is 2.10. The molecule has 1 rings (SSSR count). The lowest BCUT2D eigenvalue weighted by Gasteiger charge is -2.14. The summed E-state index contributed by atoms with van der Waals surface area (Å²) in [5.41, 5.74) is 0. The third-order valence-corrected chi connectivity index (χ3v) is 2.46. The highest BCUT2D eigenvalue weighted by atomic mass is 127. The Hall–Kier alpha value is -0.360. The number of aromatic nitrogens is 1. The summed E-state index contributed by atoms with van der Waals surface area (Å²) in [6.07, 6.45) is 2.65. The second-order valence-corrected chi connectivity index (χ2v) is 4.04. The summed E-state index contributed by atoms with van der Waals surface area (Å²) < 4.78 is 1.14. The minimum Gasteiger partial charge on any atom is -0.394 e. The van der Waals surface area contributed by atoms with E-state index in [1.807, 2.05) is 19.1 Å². The van der Waals surface area contributed by atoms with Gasteiger partial charge in [0.2, 0.25) is 0 Å². The van der Waals surface area contributed by atoms with Crippen molar-refractivity contribution in [3.05, 3.63) is 21.9 Å². The van der Waals surface area contributed by atoms with E-state index in [9.17, 15) is 0 Å². The number of hydrogen-bond acceptors (Lipinski definition) is 3. The molecule has 1 atom stereocenters. The Morgan fingerprint density at radius 2 is 2.46 bits per heavy atom. The van der Waals surface area contributed by atoms with Gasteiger partial charge in [0.1, 0.15) is 5.82 Å². The molecule has 0 aromatic carbocycles. The molecule has 0 saturated carbocycles. The standard InChI is InChI=1S/C9H13IN2O/c1-2-8(6-13)12-9-5-7(10)3-4-11-9/h3-5,8,13H,2,6H2,1H3,(H,11,12). The SMILES string of the molecule is CCC(CO)Nc1cc(I)ccn1. The zero-order valence-corrected chi connectivity index (χ0v) is 9.65. The maximum atomic E-state index is 8.96. The van der Waals surface area contributed by atoms with Crippen molar-refractivity contribution in [1.82, 2.24) is 4.98 Å². The molecule has 0 aliphatic rings. The first-order valence-corrected chi connectivity index (χ1v) is 5.33. The maximum Gasteiger partial charge on any atom is 0.127 e. The molecule has 2 N–H and O–H groups in total. The summed E-state index contributed by atoms with van der Waals surface area (Å²) >= 11 is 2.23. The smallest absolute Gasteiger partial charge is 0.127 e. The summed E-state index contributed by atoms with van der Waals surface area (Å²) in [6.45, 7) is 2.17. The van der Waals surface area contributed by atoms with Gasteiger partial charge in [0.05, 0.1) is 12.6 Å². The zero-order valence-electron chi connectivity index (χ0n) is 7.50. The Kier molecular flexibility index (Phi) is 4.44. The second kappa shape index (κ2) is 5.39. The maximum absolute atomic E-state index is 8.96. The van der Waals surface area contributed by atoms with E-state index in [4.69, 9.17) is 5.11 Å². The molecule has 3 nitrogen and oxygen atoms in total. The fraction of sp³-hybridized carbons (Fsp3) is 0.444. The molecule has 0 bridgehead atoms. The molecule has 0 aliphatic heterocycles. The molecule has 0 aliphatic carbocycles. The van der Waals surface area contributed by atoms with Gasteiger partial charge in [0, 0.05) is 9.77 Å². The van der Waals surface area contributed by atoms with Crippen LogP contribution in [0.4, 0.5) is 5.82 Å². The first kappa shape index (κ1) is 10.7. The van der Waals surface area contributed by atoms with Crippen LogP contribution < -0.4 is 5.32 Å². The van der Waals surface area contributed by atoms with Crippen LogP contribution in [0.3, 0.4) is 0 Å². The molecule has 72 valence electrons. The largest absolute Gasteiger partial charge is 0.394 e. The van der Waals surface area contributed by atoms with E-state index in [1.165, 1.54) is 0 Å². The molecular formula is C9H13IN2O. The van der Waals surface area contributed by atoms with Crippen molar-refractivity contribution in [2.75, 3.05) is 11.9 Å². The van der Waals surface area contributed by atoms with E-state index in [2.05, 4.69) is 32.9 Å². The number of hydrogen-bond donors (Lipinski definition) is 2. The van der Waals surface area contributed by atoms with Gasteiger partial charge in [0.25, 0.3) is 0 Å². The summed E-state index contributed by atoms with van der Waals surface area (Å²) in [5, 5.41) is 12.1. The van der Waals surface area contributed by atoms with Gasteiger partial charge in [-0.25, -0.2) is 4.98 Å². The lowest BCUT2D eigenvalue weighted by atomic mass is 10.2. The molecular weight excluding hydrogens is 279 g/mol. The van der Waals surface area contributed by atoms with Crippen LogP contribution in [0, 0.1) is 3.57 Å². The van der Waals surface area contributed by atoms with Crippen LogP contribution in [0.2, 0.25) is 0 Å². The number of rotatable bonds is 4. The molecule has 0 radical (unpaired) electrons. The van der Waals surface area contributed by atoms with Gasteiger partial charge in [-0.2, -0.15) is 0 Å². The topological polar surface area (TPSA) is 45.1 Å². The van der Waals surface area contributed by atoms with Gasteiger partial charge in [-0.05, 0) is 41.1 Å². The fourth-order valence-electron chi connectivity index (χ4n) is 0.970. The quantitative estimate of drug-likeness (QED) is 0.833. The highest BCUT2D eigenvalue weighted by Gasteiger charge is 2.04. The number of nitrogens with one attached hydrogen (secondary N) is 1. The predicted molar refractivity (Wildman–Crippen MR) is 61.7 cm³/mol. The Balaban J connectivity index is 2.62. The van der Waals surface area contributed by atoms with Crippen LogP contribution in [0.25, 0.3) is 0 Å². The number of pyridine rings is 1. The van der Waals surface area contributed by atoms with E-state index in [-0.39, 0.29) is 12.6 Å². The van der Waals surface area contributed by atoms with Crippen molar-refractivity contribution in [1.29, 1.82) is 0 Å². The van der Waals surface area contributed by atoms with E-state index in [1.54, 1.807) is 6.20 Å². The first-order valence-electron chi connectivity index (χ1n) is 4.25. The zero-order chi connectivity index (χ0) is 9.68. The number of aliphatic hydroxyl groups is 1. The third kappa shape index (κ3) is 3.48. The highest BCUT2D eigenvalue weighted by molar-refractivity contribution is 14.1. The van der Waals surface area contributed by atoms with Gasteiger partial charge in [-0.3, -0.25) is 0 Å². The number of nitrogens with zero attached hydrogens (tertiary/aromatic N) is 1. The molecule has 1 aromatic rings. The first-order chi connectivity index (χ1) is 6.26. The summed E-state index contributed by atoms with van der Waals surface area (Å²) in [5.74, 6) is 0.827. The average molecular weight is 292 g/mol. The van der Waals surface area contributed by atoms with Crippen molar-refractivity contribution < 1.29 is 5.11 Å². The fourth-order valence-corrected chi connectivity index (χ4v) is 1.43. The summed E-state index contributed by atoms with van der Waals surface area (Å²) in [7, 11) is 0. The van der Waals surface area contributed by atoms with Crippen LogP contribution in [0.1, 0.15) is 13.3 Å². The summed E-state index contributed by atoms with van der Waals surface area (Å²) in [6, 6.07) is 4.00. The lowest BCUT2D eigenvalue weighted by molar-refractivity contribution is 0.271. The van der Waals surface area contributed by atoms with E-state index in [0.717, 1.165) is 15.8 Å². The number of aliphatic hydroxyl groups excluding tert-OH is 1. The number of halogens is 1. The monoisotopic (exact) mass is 292 g/mol. The average Bonchev–Trinajstić information content (AvgIpc) is 2.14. The Morgan fingerprint density at radius 3 is 3.00 bits per heavy atom. The van der Waals surface area contributed by atoms with Crippen molar-refractivity contribution in [3.63, 3.8) is 0 Å². The second-order valence-electron chi connectivity index (χ2n) is 2.79. The van der Waals surface area contributed by atoms with Crippen molar-refractivity contribution in [2.24, 2.45) is 0 Å². The van der Waals surface area contributed by atoms with Gasteiger partial charge in [-0.1, -0.05) is 6.92 Å². The third-order valence-electron chi connectivity index (χ3n) is 1.79. The Morgan fingerprint density at radius 1 is 1.69 bits per heavy atom. The van der Waals surface area contributed by atoms with E-state index in [0.29, 0.717) is 0 Å². The van der Waals surface area contributed by atoms with Crippen molar-refractivity contribution in [2.45, 2.75) is 19.4 Å². The normalized spacial score (nSPS) is 12.5. The molecule has 1 aromatic heterocycles. The van der Waals surface area contributed by atoms with E-state index >= 15 is 0 Å². The predicted octanol–water partition coefficient (Wildman–Crippen LogP) is 1.87. The van der Waals surface area contributed by atoms with Crippen LogP contribution in [0.5, 0.6) is 0 Å². The molecule has 0 amide bonds. The molecule has 0 fully saturated rings. The van der Waals surface area contributed by atoms with Gasteiger partial charge in [-0.15, -0.1) is 0 Å². The molecule has 1 heterocycles.